The fraction of sp³-hybridized carbons (Fsp3) is 0.533. The Morgan fingerprint density at radius 1 is 1.48 bits per heavy atom. The molecule has 114 valence electrons. The number of hydrogen-bond donors (Lipinski definition) is 1. The Balaban J connectivity index is 2.25. The van der Waals surface area contributed by atoms with Crippen molar-refractivity contribution in [3.8, 4) is 0 Å². The van der Waals surface area contributed by atoms with Crippen LogP contribution in [0.3, 0.4) is 0 Å². The maximum atomic E-state index is 12.0. The van der Waals surface area contributed by atoms with Crippen molar-refractivity contribution in [2.24, 2.45) is 5.92 Å². The van der Waals surface area contributed by atoms with E-state index in [4.69, 9.17) is 0 Å². The molecule has 1 aromatic carbocycles. The first-order valence-corrected chi connectivity index (χ1v) is 7.18. The van der Waals surface area contributed by atoms with Gasteiger partial charge in [-0.1, -0.05) is 26.0 Å². The highest BCUT2D eigenvalue weighted by molar-refractivity contribution is 5.81. The van der Waals surface area contributed by atoms with Crippen LogP contribution in [-0.2, 0) is 4.79 Å². The monoisotopic (exact) mass is 291 g/mol. The van der Waals surface area contributed by atoms with Crippen LogP contribution in [0.5, 0.6) is 0 Å². The Hall–Kier alpha value is -1.95. The highest BCUT2D eigenvalue weighted by atomic mass is 16.6. The summed E-state index contributed by atoms with van der Waals surface area (Å²) in [6, 6.07) is 5.15. The third-order valence-corrected chi connectivity index (χ3v) is 3.77. The van der Waals surface area contributed by atoms with Crippen LogP contribution in [0.25, 0.3) is 0 Å². The SMILES string of the molecule is Cc1ccc(C2NCC(=O)N2CCC(C)C)cc1[N+](=O)[O-]. The molecule has 1 unspecified atom stereocenters. The van der Waals surface area contributed by atoms with Crippen molar-refractivity contribution in [3.05, 3.63) is 39.4 Å². The quantitative estimate of drug-likeness (QED) is 0.667. The first kappa shape index (κ1) is 15.4. The molecule has 1 atom stereocenters. The van der Waals surface area contributed by atoms with Crippen LogP contribution in [0.15, 0.2) is 18.2 Å². The van der Waals surface area contributed by atoms with Gasteiger partial charge >= 0.3 is 0 Å². The van der Waals surface area contributed by atoms with Gasteiger partial charge in [-0.25, -0.2) is 0 Å². The van der Waals surface area contributed by atoms with E-state index in [0.29, 0.717) is 18.0 Å². The number of rotatable bonds is 5. The van der Waals surface area contributed by atoms with Crippen LogP contribution in [-0.4, -0.2) is 28.8 Å². The van der Waals surface area contributed by atoms with Gasteiger partial charge in [0, 0.05) is 18.2 Å². The van der Waals surface area contributed by atoms with Crippen molar-refractivity contribution in [1.29, 1.82) is 0 Å². The Bertz CT molecular complexity index is 557. The molecule has 6 heteroatoms. The highest BCUT2D eigenvalue weighted by Crippen LogP contribution is 2.28. The normalized spacial score (nSPS) is 18.6. The van der Waals surface area contributed by atoms with E-state index in [9.17, 15) is 14.9 Å². The van der Waals surface area contributed by atoms with Crippen molar-refractivity contribution < 1.29 is 9.72 Å². The molecule has 6 nitrogen and oxygen atoms in total. The molecule has 1 aliphatic heterocycles. The molecule has 0 aromatic heterocycles. The predicted molar refractivity (Wildman–Crippen MR) is 79.7 cm³/mol. The molecule has 0 aliphatic carbocycles. The third-order valence-electron chi connectivity index (χ3n) is 3.77. The zero-order chi connectivity index (χ0) is 15.6. The fourth-order valence-corrected chi connectivity index (χ4v) is 2.48. The van der Waals surface area contributed by atoms with Crippen LogP contribution in [0.1, 0.15) is 37.6 Å². The summed E-state index contributed by atoms with van der Waals surface area (Å²) in [6.07, 6.45) is 0.647. The average Bonchev–Trinajstić information content (AvgIpc) is 2.78. The van der Waals surface area contributed by atoms with Gasteiger partial charge in [0.15, 0.2) is 0 Å². The van der Waals surface area contributed by atoms with Crippen LogP contribution in [0.2, 0.25) is 0 Å². The summed E-state index contributed by atoms with van der Waals surface area (Å²) in [5.74, 6) is 0.551. The smallest absolute Gasteiger partial charge is 0.272 e. The van der Waals surface area contributed by atoms with Crippen molar-refractivity contribution in [2.75, 3.05) is 13.1 Å². The first-order chi connectivity index (χ1) is 9.90. The van der Waals surface area contributed by atoms with E-state index in [1.165, 1.54) is 0 Å². The van der Waals surface area contributed by atoms with E-state index in [0.717, 1.165) is 12.0 Å². The van der Waals surface area contributed by atoms with E-state index in [1.54, 1.807) is 24.0 Å². The number of nitrogens with one attached hydrogen (secondary N) is 1. The topological polar surface area (TPSA) is 75.5 Å². The minimum Gasteiger partial charge on any atom is -0.322 e. The van der Waals surface area contributed by atoms with Crippen LogP contribution in [0, 0.1) is 23.0 Å². The van der Waals surface area contributed by atoms with Crippen molar-refractivity contribution in [2.45, 2.75) is 33.4 Å². The molecule has 0 radical (unpaired) electrons. The van der Waals surface area contributed by atoms with Gasteiger partial charge in [-0.3, -0.25) is 20.2 Å². The Labute approximate surface area is 124 Å². The molecule has 1 amide bonds. The number of aryl methyl sites for hydroxylation is 1. The molecule has 1 saturated heterocycles. The van der Waals surface area contributed by atoms with E-state index < -0.39 is 0 Å². The summed E-state index contributed by atoms with van der Waals surface area (Å²) in [6.45, 7) is 6.88. The maximum Gasteiger partial charge on any atom is 0.272 e. The lowest BCUT2D eigenvalue weighted by atomic mass is 10.1. The van der Waals surface area contributed by atoms with Gasteiger partial charge in [0.2, 0.25) is 5.91 Å². The summed E-state index contributed by atoms with van der Waals surface area (Å²) < 4.78 is 0. The minimum absolute atomic E-state index is 0.0453. The predicted octanol–water partition coefficient (Wildman–Crippen LogP) is 2.38. The van der Waals surface area contributed by atoms with E-state index in [-0.39, 0.29) is 29.2 Å². The summed E-state index contributed by atoms with van der Waals surface area (Å²) >= 11 is 0. The van der Waals surface area contributed by atoms with Crippen molar-refractivity contribution in [3.63, 3.8) is 0 Å². The number of nitro benzene ring substituents is 1. The molecule has 1 heterocycles. The van der Waals surface area contributed by atoms with Gasteiger partial charge in [0.1, 0.15) is 6.17 Å². The summed E-state index contributed by atoms with van der Waals surface area (Å²) in [5, 5.41) is 14.2. The van der Waals surface area contributed by atoms with Gasteiger partial charge in [-0.05, 0) is 24.8 Å². The van der Waals surface area contributed by atoms with E-state index in [2.05, 4.69) is 19.2 Å². The standard InChI is InChI=1S/C15H21N3O3/c1-10(2)6-7-17-14(19)9-16-15(17)12-5-4-11(3)13(8-12)18(20)21/h4-5,8,10,15-16H,6-7,9H2,1-3H3. The van der Waals surface area contributed by atoms with Gasteiger partial charge in [0.25, 0.3) is 5.69 Å². The minimum atomic E-state index is -0.381. The second-order valence-corrected chi connectivity index (χ2v) is 5.86. The number of amides is 1. The second kappa shape index (κ2) is 6.22. The highest BCUT2D eigenvalue weighted by Gasteiger charge is 2.32. The van der Waals surface area contributed by atoms with Gasteiger partial charge in [0.05, 0.1) is 11.5 Å². The number of hydrogen-bond acceptors (Lipinski definition) is 4. The lowest BCUT2D eigenvalue weighted by molar-refractivity contribution is -0.385. The molecule has 2 rings (SSSR count). The summed E-state index contributed by atoms with van der Waals surface area (Å²) in [7, 11) is 0. The third kappa shape index (κ3) is 3.39. The number of nitro groups is 1. The van der Waals surface area contributed by atoms with Crippen LogP contribution >= 0.6 is 0 Å². The number of benzene rings is 1. The molecule has 1 fully saturated rings. The fourth-order valence-electron chi connectivity index (χ4n) is 2.48. The lowest BCUT2D eigenvalue weighted by Crippen LogP contribution is -2.31. The van der Waals surface area contributed by atoms with E-state index in [1.807, 2.05) is 6.07 Å². The second-order valence-electron chi connectivity index (χ2n) is 5.86. The lowest BCUT2D eigenvalue weighted by Gasteiger charge is -2.25. The van der Waals surface area contributed by atoms with Gasteiger partial charge in [-0.2, -0.15) is 0 Å². The number of carbonyl (C=O) groups is 1. The molecule has 21 heavy (non-hydrogen) atoms. The molecule has 0 saturated carbocycles. The molecule has 1 aliphatic rings. The Kier molecular flexibility index (Phi) is 4.57. The average molecular weight is 291 g/mol. The molecular formula is C15H21N3O3. The van der Waals surface area contributed by atoms with Crippen LogP contribution < -0.4 is 5.32 Å². The summed E-state index contributed by atoms with van der Waals surface area (Å²) in [4.78, 5) is 24.4. The molecule has 0 spiro atoms. The molecule has 1 N–H and O–H groups in total. The Morgan fingerprint density at radius 2 is 2.19 bits per heavy atom. The van der Waals surface area contributed by atoms with Gasteiger partial charge in [-0.15, -0.1) is 0 Å². The number of nitrogens with zero attached hydrogens (tertiary/aromatic N) is 2. The summed E-state index contributed by atoms with van der Waals surface area (Å²) in [5.41, 5.74) is 1.49. The molecular weight excluding hydrogens is 270 g/mol. The number of carbonyl (C=O) groups excluding carboxylic acids is 1. The molecule has 1 aromatic rings. The zero-order valence-electron chi connectivity index (χ0n) is 12.6. The Morgan fingerprint density at radius 3 is 2.81 bits per heavy atom. The maximum absolute atomic E-state index is 12.0. The molecule has 0 bridgehead atoms. The van der Waals surface area contributed by atoms with Gasteiger partial charge < -0.3 is 4.90 Å². The van der Waals surface area contributed by atoms with Crippen molar-refractivity contribution in [1.82, 2.24) is 10.2 Å². The van der Waals surface area contributed by atoms with Crippen molar-refractivity contribution >= 4 is 11.6 Å². The largest absolute Gasteiger partial charge is 0.322 e. The van der Waals surface area contributed by atoms with Crippen LogP contribution in [0.4, 0.5) is 5.69 Å². The van der Waals surface area contributed by atoms with E-state index >= 15 is 0 Å². The zero-order valence-corrected chi connectivity index (χ0v) is 12.6. The first-order valence-electron chi connectivity index (χ1n) is 7.18.